The molecule has 0 bridgehead atoms. The first-order valence-corrected chi connectivity index (χ1v) is 9.99. The van der Waals surface area contributed by atoms with Crippen LogP contribution in [0.4, 0.5) is 8.78 Å². The molecule has 3 rings (SSSR count). The van der Waals surface area contributed by atoms with Crippen LogP contribution in [0, 0.1) is 11.6 Å². The third-order valence-electron chi connectivity index (χ3n) is 4.99. The van der Waals surface area contributed by atoms with Crippen LogP contribution in [0.2, 0.25) is 0 Å². The molecule has 0 unspecified atom stereocenters. The van der Waals surface area contributed by atoms with Gasteiger partial charge in [-0.05, 0) is 60.4 Å². The zero-order chi connectivity index (χ0) is 22.1. The highest BCUT2D eigenvalue weighted by molar-refractivity contribution is 5.93. The van der Waals surface area contributed by atoms with E-state index in [1.807, 2.05) is 0 Å². The summed E-state index contributed by atoms with van der Waals surface area (Å²) in [5.41, 5.74) is 0.503. The second-order valence-corrected chi connectivity index (χ2v) is 7.38. The molecule has 0 saturated carbocycles. The third-order valence-corrected chi connectivity index (χ3v) is 4.99. The van der Waals surface area contributed by atoms with Gasteiger partial charge in [0.15, 0.2) is 0 Å². The number of carbonyl (C=O) groups excluding carboxylic acids is 2. The first-order valence-electron chi connectivity index (χ1n) is 9.99. The molecule has 1 aliphatic heterocycles. The Hall–Kier alpha value is -3.32. The summed E-state index contributed by atoms with van der Waals surface area (Å²) in [4.78, 5) is 24.7. The molecule has 2 amide bonds. The molecule has 31 heavy (non-hydrogen) atoms. The van der Waals surface area contributed by atoms with Gasteiger partial charge in [-0.25, -0.2) is 8.78 Å². The van der Waals surface area contributed by atoms with Crippen molar-refractivity contribution in [2.24, 2.45) is 0 Å². The van der Waals surface area contributed by atoms with E-state index in [0.717, 1.165) is 0 Å². The molecule has 1 saturated heterocycles. The Morgan fingerprint density at radius 1 is 0.903 bits per heavy atom. The summed E-state index contributed by atoms with van der Waals surface area (Å²) < 4.78 is 31.9. The van der Waals surface area contributed by atoms with Crippen molar-refractivity contribution >= 4 is 24.0 Å². The lowest BCUT2D eigenvalue weighted by molar-refractivity contribution is -0.121. The topological polar surface area (TPSA) is 67.4 Å². The number of halogens is 2. The van der Waals surface area contributed by atoms with Gasteiger partial charge in [-0.2, -0.15) is 0 Å². The lowest BCUT2D eigenvalue weighted by Gasteiger charge is -2.37. The minimum Gasteiger partial charge on any atom is -0.381 e. The number of hydrogen-bond acceptors (Lipinski definition) is 3. The maximum Gasteiger partial charge on any atom is 0.244 e. The van der Waals surface area contributed by atoms with Gasteiger partial charge in [0.1, 0.15) is 11.6 Å². The summed E-state index contributed by atoms with van der Waals surface area (Å²) in [6.45, 7) is 1.15. The molecule has 1 fully saturated rings. The lowest BCUT2D eigenvalue weighted by atomic mass is 9.89. The van der Waals surface area contributed by atoms with E-state index in [9.17, 15) is 18.4 Å². The van der Waals surface area contributed by atoms with Crippen LogP contribution in [-0.4, -0.2) is 37.1 Å². The van der Waals surface area contributed by atoms with Crippen LogP contribution in [-0.2, 0) is 14.3 Å². The average molecular weight is 426 g/mol. The second-order valence-electron chi connectivity index (χ2n) is 7.38. The van der Waals surface area contributed by atoms with Crippen LogP contribution in [0.3, 0.4) is 0 Å². The molecule has 0 aliphatic carbocycles. The Labute approximate surface area is 179 Å². The molecule has 0 atom stereocenters. The number of rotatable bonds is 7. The minimum atomic E-state index is -0.649. The van der Waals surface area contributed by atoms with E-state index < -0.39 is 5.54 Å². The fourth-order valence-electron chi connectivity index (χ4n) is 3.29. The van der Waals surface area contributed by atoms with Crippen molar-refractivity contribution in [2.75, 3.05) is 19.8 Å². The zero-order valence-corrected chi connectivity index (χ0v) is 16.9. The van der Waals surface area contributed by atoms with Crippen molar-refractivity contribution in [1.29, 1.82) is 0 Å². The van der Waals surface area contributed by atoms with Gasteiger partial charge in [0.25, 0.3) is 0 Å². The Morgan fingerprint density at radius 2 is 1.45 bits per heavy atom. The SMILES string of the molecule is O=C(C=Cc1cccc(F)c1)NCC1(NC(=O)C=Cc2cccc(F)c2)CCOCC1. The van der Waals surface area contributed by atoms with Gasteiger partial charge in [-0.15, -0.1) is 0 Å². The average Bonchev–Trinajstić information content (AvgIpc) is 2.76. The van der Waals surface area contributed by atoms with E-state index >= 15 is 0 Å². The standard InChI is InChI=1S/C24H24F2N2O3/c25-20-5-1-3-18(15-20)7-9-22(29)27-17-24(11-13-31-14-12-24)28-23(30)10-8-19-4-2-6-21(26)16-19/h1-10,15-16H,11-14,17H2,(H,27,29)(H,28,30). The first kappa shape index (κ1) is 22.4. The summed E-state index contributed by atoms with van der Waals surface area (Å²) in [5.74, 6) is -1.44. The van der Waals surface area contributed by atoms with Crippen LogP contribution in [0.25, 0.3) is 12.2 Å². The number of nitrogens with one attached hydrogen (secondary N) is 2. The highest BCUT2D eigenvalue weighted by Gasteiger charge is 2.33. The van der Waals surface area contributed by atoms with Crippen molar-refractivity contribution in [1.82, 2.24) is 10.6 Å². The monoisotopic (exact) mass is 426 g/mol. The molecule has 1 heterocycles. The zero-order valence-electron chi connectivity index (χ0n) is 16.9. The van der Waals surface area contributed by atoms with Gasteiger partial charge < -0.3 is 15.4 Å². The third kappa shape index (κ3) is 7.15. The molecule has 7 heteroatoms. The number of ether oxygens (including phenoxy) is 1. The smallest absolute Gasteiger partial charge is 0.244 e. The molecule has 162 valence electrons. The van der Waals surface area contributed by atoms with E-state index in [1.165, 1.54) is 48.6 Å². The molecule has 2 N–H and O–H groups in total. The highest BCUT2D eigenvalue weighted by Crippen LogP contribution is 2.20. The molecule has 0 radical (unpaired) electrons. The molecular weight excluding hydrogens is 402 g/mol. The van der Waals surface area contributed by atoms with Crippen LogP contribution in [0.1, 0.15) is 24.0 Å². The predicted octanol–water partition coefficient (Wildman–Crippen LogP) is 3.47. The first-order chi connectivity index (χ1) is 14.9. The second kappa shape index (κ2) is 10.6. The quantitative estimate of drug-likeness (QED) is 0.667. The summed E-state index contributed by atoms with van der Waals surface area (Å²) in [6.07, 6.45) is 6.81. The predicted molar refractivity (Wildman–Crippen MR) is 115 cm³/mol. The normalized spacial score (nSPS) is 15.8. The molecule has 0 aromatic heterocycles. The van der Waals surface area contributed by atoms with Crippen LogP contribution in [0.5, 0.6) is 0 Å². The maximum atomic E-state index is 13.3. The maximum absolute atomic E-state index is 13.3. The summed E-state index contributed by atoms with van der Waals surface area (Å²) in [6, 6.07) is 11.8. The van der Waals surface area contributed by atoms with Crippen molar-refractivity contribution in [3.8, 4) is 0 Å². The number of carbonyl (C=O) groups is 2. The van der Waals surface area contributed by atoms with Gasteiger partial charge in [-0.3, -0.25) is 9.59 Å². The molecule has 2 aromatic rings. The van der Waals surface area contributed by atoms with E-state index in [1.54, 1.807) is 24.3 Å². The Kier molecular flexibility index (Phi) is 7.67. The van der Waals surface area contributed by atoms with Gasteiger partial charge >= 0.3 is 0 Å². The van der Waals surface area contributed by atoms with Crippen molar-refractivity contribution in [2.45, 2.75) is 18.4 Å². The molecular formula is C24H24F2N2O3. The van der Waals surface area contributed by atoms with E-state index in [0.29, 0.717) is 37.2 Å². The summed E-state index contributed by atoms with van der Waals surface area (Å²) in [5, 5.41) is 5.77. The largest absolute Gasteiger partial charge is 0.381 e. The molecule has 5 nitrogen and oxygen atoms in total. The van der Waals surface area contributed by atoms with E-state index in [4.69, 9.17) is 4.74 Å². The van der Waals surface area contributed by atoms with Gasteiger partial charge in [0, 0.05) is 31.9 Å². The Bertz CT molecular complexity index is 982. The van der Waals surface area contributed by atoms with Crippen LogP contribution in [0.15, 0.2) is 60.7 Å². The lowest BCUT2D eigenvalue weighted by Crippen LogP contribution is -2.57. The Morgan fingerprint density at radius 3 is 2.00 bits per heavy atom. The van der Waals surface area contributed by atoms with Crippen molar-refractivity contribution in [3.05, 3.63) is 83.4 Å². The molecule has 2 aromatic carbocycles. The Balaban J connectivity index is 1.59. The van der Waals surface area contributed by atoms with E-state index in [-0.39, 0.29) is 30.0 Å². The van der Waals surface area contributed by atoms with Crippen LogP contribution < -0.4 is 10.6 Å². The van der Waals surface area contributed by atoms with Gasteiger partial charge in [0.05, 0.1) is 5.54 Å². The van der Waals surface area contributed by atoms with Crippen molar-refractivity contribution < 1.29 is 23.1 Å². The fourth-order valence-corrected chi connectivity index (χ4v) is 3.29. The van der Waals surface area contributed by atoms with Gasteiger partial charge in [-0.1, -0.05) is 24.3 Å². The molecule has 0 spiro atoms. The molecule has 1 aliphatic rings. The minimum absolute atomic E-state index is 0.224. The number of benzene rings is 2. The van der Waals surface area contributed by atoms with E-state index in [2.05, 4.69) is 10.6 Å². The number of amides is 2. The summed E-state index contributed by atoms with van der Waals surface area (Å²) in [7, 11) is 0. The van der Waals surface area contributed by atoms with Crippen LogP contribution >= 0.6 is 0 Å². The summed E-state index contributed by atoms with van der Waals surface area (Å²) >= 11 is 0. The van der Waals surface area contributed by atoms with Gasteiger partial charge in [0.2, 0.25) is 11.8 Å². The number of hydrogen-bond donors (Lipinski definition) is 2. The fraction of sp³-hybridized carbons (Fsp3) is 0.250. The highest BCUT2D eigenvalue weighted by atomic mass is 19.1. The van der Waals surface area contributed by atoms with Crippen molar-refractivity contribution in [3.63, 3.8) is 0 Å².